The molecule has 1 unspecified atom stereocenters. The number of hydrogen-bond acceptors (Lipinski definition) is 9. The molecule has 0 saturated carbocycles. The first-order chi connectivity index (χ1) is 17.9. The number of aromatic nitrogens is 1. The standard InChI is InChI=1S/C25H35N3O8S/c1-32-16-17-34-22-10-9-20(24(18-22)36-19-23-8-5-14-33-23)6-4-15-35-25(29)28-37(30,31)27-13-11-21-7-2-3-12-26-21/h2-3,7,9-10,12,18,23,27H,4-6,8,11,13-17,19H2,1H3,(H,28,29). The molecule has 0 radical (unpaired) electrons. The van der Waals surface area contributed by atoms with Gasteiger partial charge in [0.15, 0.2) is 0 Å². The van der Waals surface area contributed by atoms with Crippen LogP contribution < -0.4 is 18.9 Å². The fraction of sp³-hybridized carbons (Fsp3) is 0.520. The zero-order valence-electron chi connectivity index (χ0n) is 21.0. The first kappa shape index (κ1) is 28.6. The first-order valence-electron chi connectivity index (χ1n) is 12.3. The van der Waals surface area contributed by atoms with Gasteiger partial charge in [0.1, 0.15) is 24.7 Å². The Morgan fingerprint density at radius 3 is 2.78 bits per heavy atom. The third kappa shape index (κ3) is 10.9. The summed E-state index contributed by atoms with van der Waals surface area (Å²) in [6.45, 7) is 2.22. The second-order valence-corrected chi connectivity index (χ2v) is 9.87. The molecule has 1 fully saturated rings. The van der Waals surface area contributed by atoms with Gasteiger partial charge in [0.2, 0.25) is 0 Å². The Kier molecular flexibility index (Phi) is 11.9. The van der Waals surface area contributed by atoms with E-state index in [0.717, 1.165) is 30.7 Å². The summed E-state index contributed by atoms with van der Waals surface area (Å²) in [5.41, 5.74) is 1.66. The molecule has 1 saturated heterocycles. The number of nitrogens with zero attached hydrogens (tertiary/aromatic N) is 1. The van der Waals surface area contributed by atoms with E-state index in [2.05, 4.69) is 9.71 Å². The van der Waals surface area contributed by atoms with Crippen LogP contribution in [-0.4, -0.2) is 72.3 Å². The summed E-state index contributed by atoms with van der Waals surface area (Å²) < 4.78 is 55.7. The molecule has 1 amide bonds. The fourth-order valence-corrected chi connectivity index (χ4v) is 4.35. The number of amides is 1. The van der Waals surface area contributed by atoms with E-state index < -0.39 is 16.3 Å². The fourth-order valence-electron chi connectivity index (χ4n) is 3.63. The van der Waals surface area contributed by atoms with Gasteiger partial charge in [-0.15, -0.1) is 0 Å². The highest BCUT2D eigenvalue weighted by Gasteiger charge is 2.18. The van der Waals surface area contributed by atoms with Gasteiger partial charge in [-0.3, -0.25) is 4.98 Å². The largest absolute Gasteiger partial charge is 0.491 e. The Hall–Kier alpha value is -2.93. The molecule has 2 aromatic rings. The van der Waals surface area contributed by atoms with Crippen molar-refractivity contribution in [3.05, 3.63) is 53.9 Å². The van der Waals surface area contributed by atoms with Crippen LogP contribution in [0.5, 0.6) is 11.5 Å². The van der Waals surface area contributed by atoms with Crippen LogP contribution >= 0.6 is 0 Å². The summed E-state index contributed by atoms with van der Waals surface area (Å²) >= 11 is 0. The lowest BCUT2D eigenvalue weighted by Crippen LogP contribution is -2.41. The number of ether oxygens (including phenoxy) is 5. The highest BCUT2D eigenvalue weighted by Crippen LogP contribution is 2.27. The predicted molar refractivity (Wildman–Crippen MR) is 136 cm³/mol. The molecule has 1 aromatic carbocycles. The number of hydrogen-bond donors (Lipinski definition) is 2. The molecule has 1 aliphatic rings. The average molecular weight is 538 g/mol. The molecule has 2 heterocycles. The van der Waals surface area contributed by atoms with Crippen molar-refractivity contribution >= 4 is 16.3 Å². The molecule has 11 nitrogen and oxygen atoms in total. The van der Waals surface area contributed by atoms with E-state index in [1.165, 1.54) is 0 Å². The maximum Gasteiger partial charge on any atom is 0.421 e. The van der Waals surface area contributed by atoms with Gasteiger partial charge < -0.3 is 23.7 Å². The van der Waals surface area contributed by atoms with Crippen molar-refractivity contribution in [1.82, 2.24) is 14.4 Å². The number of nitrogens with one attached hydrogen (secondary N) is 2. The minimum absolute atomic E-state index is 0.0343. The van der Waals surface area contributed by atoms with Crippen molar-refractivity contribution in [3.63, 3.8) is 0 Å². The molecule has 204 valence electrons. The van der Waals surface area contributed by atoms with E-state index in [-0.39, 0.29) is 19.3 Å². The average Bonchev–Trinajstić information content (AvgIpc) is 3.40. The molecule has 37 heavy (non-hydrogen) atoms. The zero-order chi connectivity index (χ0) is 26.3. The predicted octanol–water partition coefficient (Wildman–Crippen LogP) is 2.40. The third-order valence-corrected chi connectivity index (χ3v) is 6.50. The summed E-state index contributed by atoms with van der Waals surface area (Å²) in [5.74, 6) is 1.34. The van der Waals surface area contributed by atoms with E-state index in [1.54, 1.807) is 25.4 Å². The number of aryl methyl sites for hydroxylation is 1. The van der Waals surface area contributed by atoms with Crippen LogP contribution in [0, 0.1) is 0 Å². The highest BCUT2D eigenvalue weighted by molar-refractivity contribution is 7.88. The monoisotopic (exact) mass is 537 g/mol. The van der Waals surface area contributed by atoms with Gasteiger partial charge in [0, 0.05) is 44.6 Å². The second kappa shape index (κ2) is 15.4. The molecule has 0 bridgehead atoms. The number of carbonyl (C=O) groups is 1. The van der Waals surface area contributed by atoms with Crippen molar-refractivity contribution in [2.75, 3.05) is 46.7 Å². The summed E-state index contributed by atoms with van der Waals surface area (Å²) in [7, 11) is -2.42. The number of benzene rings is 1. The molecule has 0 aliphatic carbocycles. The molecule has 1 aliphatic heterocycles. The number of carbonyl (C=O) groups excluding carboxylic acids is 1. The molecule has 12 heteroatoms. The minimum atomic E-state index is -4.03. The number of rotatable bonds is 16. The van der Waals surface area contributed by atoms with Gasteiger partial charge in [-0.2, -0.15) is 13.1 Å². The summed E-state index contributed by atoms with van der Waals surface area (Å²) in [4.78, 5) is 16.1. The Balaban J connectivity index is 1.42. The first-order valence-corrected chi connectivity index (χ1v) is 13.8. The van der Waals surface area contributed by atoms with Crippen molar-refractivity contribution in [3.8, 4) is 11.5 Å². The Bertz CT molecular complexity index is 1060. The maximum absolute atomic E-state index is 12.0. The van der Waals surface area contributed by atoms with Gasteiger partial charge >= 0.3 is 16.3 Å². The molecular weight excluding hydrogens is 502 g/mol. The lowest BCUT2D eigenvalue weighted by molar-refractivity contribution is 0.0674. The topological polar surface area (TPSA) is 134 Å². The van der Waals surface area contributed by atoms with E-state index in [1.807, 2.05) is 29.0 Å². The van der Waals surface area contributed by atoms with Crippen LogP contribution in [0.2, 0.25) is 0 Å². The van der Waals surface area contributed by atoms with Crippen LogP contribution in [0.25, 0.3) is 0 Å². The van der Waals surface area contributed by atoms with Gasteiger partial charge in [0.25, 0.3) is 0 Å². The Labute approximate surface area is 218 Å². The lowest BCUT2D eigenvalue weighted by atomic mass is 10.1. The van der Waals surface area contributed by atoms with E-state index >= 15 is 0 Å². The molecule has 1 aromatic heterocycles. The van der Waals surface area contributed by atoms with Crippen LogP contribution in [-0.2, 0) is 37.3 Å². The van der Waals surface area contributed by atoms with Gasteiger partial charge in [-0.25, -0.2) is 9.52 Å². The Morgan fingerprint density at radius 1 is 1.14 bits per heavy atom. The van der Waals surface area contributed by atoms with Crippen molar-refractivity contribution < 1.29 is 36.9 Å². The van der Waals surface area contributed by atoms with Gasteiger partial charge in [0.05, 0.1) is 19.3 Å². The smallest absolute Gasteiger partial charge is 0.421 e. The van der Waals surface area contributed by atoms with Crippen LogP contribution in [0.4, 0.5) is 4.79 Å². The van der Waals surface area contributed by atoms with Gasteiger partial charge in [-0.05, 0) is 49.4 Å². The molecule has 0 spiro atoms. The molecule has 3 rings (SSSR count). The number of methoxy groups -OCH3 is 1. The van der Waals surface area contributed by atoms with E-state index in [9.17, 15) is 13.2 Å². The maximum atomic E-state index is 12.0. The van der Waals surface area contributed by atoms with E-state index in [4.69, 9.17) is 23.7 Å². The van der Waals surface area contributed by atoms with Crippen molar-refractivity contribution in [2.24, 2.45) is 0 Å². The van der Waals surface area contributed by atoms with Crippen LogP contribution in [0.1, 0.15) is 30.5 Å². The molecule has 1 atom stereocenters. The van der Waals surface area contributed by atoms with Crippen LogP contribution in [0.3, 0.4) is 0 Å². The van der Waals surface area contributed by atoms with Crippen LogP contribution in [0.15, 0.2) is 42.6 Å². The number of pyridine rings is 1. The normalized spacial score (nSPS) is 15.3. The summed E-state index contributed by atoms with van der Waals surface area (Å²) in [5, 5.41) is 0. The molecular formula is C25H35N3O8S. The van der Waals surface area contributed by atoms with Crippen molar-refractivity contribution in [2.45, 2.75) is 38.2 Å². The quantitative estimate of drug-likeness (QED) is 0.310. The Morgan fingerprint density at radius 2 is 2.03 bits per heavy atom. The second-order valence-electron chi connectivity index (χ2n) is 8.37. The van der Waals surface area contributed by atoms with Gasteiger partial charge in [-0.1, -0.05) is 12.1 Å². The highest BCUT2D eigenvalue weighted by atomic mass is 32.2. The minimum Gasteiger partial charge on any atom is -0.491 e. The molecule has 2 N–H and O–H groups in total. The third-order valence-electron chi connectivity index (χ3n) is 5.48. The summed E-state index contributed by atoms with van der Waals surface area (Å²) in [6, 6.07) is 11.0. The summed E-state index contributed by atoms with van der Waals surface area (Å²) in [6.07, 6.45) is 4.06. The lowest BCUT2D eigenvalue weighted by Gasteiger charge is -2.16. The SMILES string of the molecule is COCCOc1ccc(CCCOC(=O)NS(=O)(=O)NCCc2ccccn2)c(OCC2CCCO2)c1. The van der Waals surface area contributed by atoms with Crippen molar-refractivity contribution in [1.29, 1.82) is 0 Å². The zero-order valence-corrected chi connectivity index (χ0v) is 21.8. The van der Waals surface area contributed by atoms with E-state index in [0.29, 0.717) is 50.6 Å².